The van der Waals surface area contributed by atoms with Crippen LogP contribution < -0.4 is 15.0 Å². The highest BCUT2D eigenvalue weighted by Crippen LogP contribution is 2.20. The minimum Gasteiger partial charge on any atom is -0.497 e. The van der Waals surface area contributed by atoms with E-state index in [0.717, 1.165) is 44.4 Å². The molecule has 152 valence electrons. The van der Waals surface area contributed by atoms with E-state index in [4.69, 9.17) is 10.00 Å². The molecule has 3 rings (SSSR count). The van der Waals surface area contributed by atoms with Gasteiger partial charge in [-0.15, -0.1) is 0 Å². The Labute approximate surface area is 171 Å². The Bertz CT molecular complexity index is 883. The van der Waals surface area contributed by atoms with Crippen LogP contribution in [0.25, 0.3) is 0 Å². The minimum absolute atomic E-state index is 0.235. The Kier molecular flexibility index (Phi) is 6.90. The molecule has 0 saturated carbocycles. The topological polar surface area (TPSA) is 63.9 Å². The van der Waals surface area contributed by atoms with E-state index in [2.05, 4.69) is 32.2 Å². The highest BCUT2D eigenvalue weighted by Gasteiger charge is 2.20. The van der Waals surface area contributed by atoms with Crippen LogP contribution in [0.15, 0.2) is 47.5 Å². The number of rotatable bonds is 5. The van der Waals surface area contributed by atoms with Gasteiger partial charge in [-0.05, 0) is 43.3 Å². The normalized spacial score (nSPS) is 14.5. The number of halogens is 1. The molecule has 7 heteroatoms. The molecule has 1 heterocycles. The van der Waals surface area contributed by atoms with Crippen LogP contribution in [0.1, 0.15) is 18.1 Å². The molecule has 0 aromatic heterocycles. The van der Waals surface area contributed by atoms with Gasteiger partial charge in [0.05, 0.1) is 25.3 Å². The highest BCUT2D eigenvalue weighted by atomic mass is 19.1. The van der Waals surface area contributed by atoms with Gasteiger partial charge >= 0.3 is 0 Å². The number of nitrogens with zero attached hydrogens (tertiary/aromatic N) is 4. The second kappa shape index (κ2) is 9.78. The molecule has 2 aromatic carbocycles. The molecule has 0 radical (unpaired) electrons. The number of guanidine groups is 1. The third kappa shape index (κ3) is 5.17. The molecule has 0 unspecified atom stereocenters. The summed E-state index contributed by atoms with van der Waals surface area (Å²) < 4.78 is 19.4. The highest BCUT2D eigenvalue weighted by molar-refractivity contribution is 5.80. The van der Waals surface area contributed by atoms with Crippen LogP contribution in [0.5, 0.6) is 5.75 Å². The van der Waals surface area contributed by atoms with Crippen LogP contribution in [0.3, 0.4) is 0 Å². The smallest absolute Gasteiger partial charge is 0.194 e. The van der Waals surface area contributed by atoms with Crippen molar-refractivity contribution in [1.29, 1.82) is 5.26 Å². The Hall–Kier alpha value is -3.27. The molecule has 1 N–H and O–H groups in total. The van der Waals surface area contributed by atoms with Gasteiger partial charge in [0.15, 0.2) is 5.96 Å². The first-order valence-electron chi connectivity index (χ1n) is 9.75. The summed E-state index contributed by atoms with van der Waals surface area (Å²) in [5, 5.41) is 12.2. The number of aliphatic imine (C=N–C) groups is 1. The number of anilines is 1. The van der Waals surface area contributed by atoms with Gasteiger partial charge < -0.3 is 19.9 Å². The van der Waals surface area contributed by atoms with Crippen LogP contribution in [0.4, 0.5) is 10.1 Å². The van der Waals surface area contributed by atoms with Crippen LogP contribution in [-0.4, -0.2) is 50.7 Å². The number of nitrogens with one attached hydrogen (secondary N) is 1. The largest absolute Gasteiger partial charge is 0.497 e. The lowest BCUT2D eigenvalue weighted by molar-refractivity contribution is 0.372. The molecule has 1 fully saturated rings. The molecule has 2 aromatic rings. The van der Waals surface area contributed by atoms with Gasteiger partial charge in [-0.3, -0.25) is 0 Å². The van der Waals surface area contributed by atoms with Crippen molar-refractivity contribution in [2.75, 3.05) is 44.7 Å². The molecule has 0 bridgehead atoms. The number of nitriles is 1. The summed E-state index contributed by atoms with van der Waals surface area (Å²) in [6, 6.07) is 14.5. The SMILES string of the molecule is CCNC(=NCc1ccc(C#N)cc1F)N1CCN(c2ccc(OC)cc2)CC1. The summed E-state index contributed by atoms with van der Waals surface area (Å²) in [6.07, 6.45) is 0. The van der Waals surface area contributed by atoms with Crippen LogP contribution in [0.2, 0.25) is 0 Å². The third-order valence-electron chi connectivity index (χ3n) is 4.93. The maximum Gasteiger partial charge on any atom is 0.194 e. The van der Waals surface area contributed by atoms with E-state index in [-0.39, 0.29) is 6.54 Å². The van der Waals surface area contributed by atoms with Crippen molar-refractivity contribution in [1.82, 2.24) is 10.2 Å². The molecule has 6 nitrogen and oxygen atoms in total. The fraction of sp³-hybridized carbons (Fsp3) is 0.364. The minimum atomic E-state index is -0.395. The Morgan fingerprint density at radius 3 is 2.48 bits per heavy atom. The first kappa shape index (κ1) is 20.5. The van der Waals surface area contributed by atoms with Crippen molar-refractivity contribution < 1.29 is 9.13 Å². The molecule has 1 aliphatic heterocycles. The Balaban J connectivity index is 1.64. The maximum absolute atomic E-state index is 14.1. The predicted octanol–water partition coefficient (Wildman–Crippen LogP) is 2.99. The summed E-state index contributed by atoms with van der Waals surface area (Å²) in [4.78, 5) is 9.15. The molecular formula is C22H26FN5O. The monoisotopic (exact) mass is 395 g/mol. The Morgan fingerprint density at radius 2 is 1.90 bits per heavy atom. The maximum atomic E-state index is 14.1. The molecule has 0 spiro atoms. The number of methoxy groups -OCH3 is 1. The molecule has 1 aliphatic rings. The fourth-order valence-corrected chi connectivity index (χ4v) is 3.30. The van der Waals surface area contributed by atoms with Crippen molar-refractivity contribution in [2.24, 2.45) is 4.99 Å². The van der Waals surface area contributed by atoms with Crippen molar-refractivity contribution in [2.45, 2.75) is 13.5 Å². The van der Waals surface area contributed by atoms with Crippen molar-refractivity contribution >= 4 is 11.6 Å². The first-order chi connectivity index (χ1) is 14.1. The number of hydrogen-bond donors (Lipinski definition) is 1. The molecule has 0 aliphatic carbocycles. The lowest BCUT2D eigenvalue weighted by Gasteiger charge is -2.37. The summed E-state index contributed by atoms with van der Waals surface area (Å²) in [5.74, 6) is 1.24. The van der Waals surface area contributed by atoms with E-state index in [0.29, 0.717) is 11.1 Å². The molecule has 0 amide bonds. The van der Waals surface area contributed by atoms with Gasteiger partial charge in [0.25, 0.3) is 0 Å². The van der Waals surface area contributed by atoms with E-state index < -0.39 is 5.82 Å². The van der Waals surface area contributed by atoms with E-state index in [1.807, 2.05) is 25.1 Å². The fourth-order valence-electron chi connectivity index (χ4n) is 3.30. The van der Waals surface area contributed by atoms with Gasteiger partial charge in [0, 0.05) is 44.0 Å². The number of benzene rings is 2. The van der Waals surface area contributed by atoms with Crippen LogP contribution in [0, 0.1) is 17.1 Å². The standard InChI is InChI=1S/C22H26FN5O/c1-3-25-22(26-16-18-5-4-17(15-24)14-21(18)23)28-12-10-27(11-13-28)19-6-8-20(29-2)9-7-19/h4-9,14H,3,10-13,16H2,1-2H3,(H,25,26). The van der Waals surface area contributed by atoms with Gasteiger partial charge in [0.1, 0.15) is 11.6 Å². The summed E-state index contributed by atoms with van der Waals surface area (Å²) in [5.41, 5.74) is 1.97. The van der Waals surface area contributed by atoms with Crippen molar-refractivity contribution in [3.8, 4) is 11.8 Å². The molecule has 1 saturated heterocycles. The van der Waals surface area contributed by atoms with E-state index in [1.54, 1.807) is 19.2 Å². The average Bonchev–Trinajstić information content (AvgIpc) is 2.77. The van der Waals surface area contributed by atoms with Crippen molar-refractivity contribution in [3.05, 3.63) is 59.4 Å². The number of ether oxygens (including phenoxy) is 1. The Morgan fingerprint density at radius 1 is 1.17 bits per heavy atom. The van der Waals surface area contributed by atoms with Crippen LogP contribution in [-0.2, 0) is 6.54 Å². The number of hydrogen-bond acceptors (Lipinski definition) is 4. The van der Waals surface area contributed by atoms with Crippen molar-refractivity contribution in [3.63, 3.8) is 0 Å². The molecule has 29 heavy (non-hydrogen) atoms. The molecular weight excluding hydrogens is 369 g/mol. The second-order valence-electron chi connectivity index (χ2n) is 6.76. The van der Waals surface area contributed by atoms with Crippen LogP contribution >= 0.6 is 0 Å². The van der Waals surface area contributed by atoms with Gasteiger partial charge in [-0.2, -0.15) is 5.26 Å². The zero-order valence-corrected chi connectivity index (χ0v) is 16.9. The van der Waals surface area contributed by atoms with Gasteiger partial charge in [-0.25, -0.2) is 9.38 Å². The third-order valence-corrected chi connectivity index (χ3v) is 4.93. The van der Waals surface area contributed by atoms with Gasteiger partial charge in [-0.1, -0.05) is 6.07 Å². The lowest BCUT2D eigenvalue weighted by atomic mass is 10.1. The summed E-state index contributed by atoms with van der Waals surface area (Å²) in [7, 11) is 1.67. The summed E-state index contributed by atoms with van der Waals surface area (Å²) >= 11 is 0. The zero-order chi connectivity index (χ0) is 20.6. The predicted molar refractivity (Wildman–Crippen MR) is 113 cm³/mol. The second-order valence-corrected chi connectivity index (χ2v) is 6.76. The first-order valence-corrected chi connectivity index (χ1v) is 9.75. The molecule has 0 atom stereocenters. The number of piperazine rings is 1. The quantitative estimate of drug-likeness (QED) is 0.623. The summed E-state index contributed by atoms with van der Waals surface area (Å²) in [6.45, 7) is 6.41. The lowest BCUT2D eigenvalue weighted by Crippen LogP contribution is -2.52. The zero-order valence-electron chi connectivity index (χ0n) is 16.9. The van der Waals surface area contributed by atoms with E-state index in [9.17, 15) is 4.39 Å². The van der Waals surface area contributed by atoms with E-state index >= 15 is 0 Å². The van der Waals surface area contributed by atoms with E-state index in [1.165, 1.54) is 11.8 Å². The van der Waals surface area contributed by atoms with Gasteiger partial charge in [0.2, 0.25) is 0 Å². The average molecular weight is 395 g/mol.